The largest absolute Gasteiger partial charge is 0.303 e. The Bertz CT molecular complexity index is 307. The summed E-state index contributed by atoms with van der Waals surface area (Å²) in [6.07, 6.45) is 1.14. The third-order valence-electron chi connectivity index (χ3n) is 1.69. The molecule has 0 radical (unpaired) electrons. The summed E-state index contributed by atoms with van der Waals surface area (Å²) in [6.45, 7) is 0. The first-order valence-electron chi connectivity index (χ1n) is 3.84. The number of aldehydes is 1. The molecule has 0 aliphatic rings. The molecule has 0 aliphatic carbocycles. The van der Waals surface area contributed by atoms with E-state index in [-0.39, 0.29) is 0 Å². The van der Waals surface area contributed by atoms with E-state index < -0.39 is 5.15 Å². The van der Waals surface area contributed by atoms with Crippen molar-refractivity contribution in [2.45, 2.75) is 11.6 Å². The lowest BCUT2D eigenvalue weighted by molar-refractivity contribution is -0.107. The average Bonchev–Trinajstić information content (AvgIpc) is 2.04. The molecule has 0 heterocycles. The van der Waals surface area contributed by atoms with E-state index >= 15 is 0 Å². The van der Waals surface area contributed by atoms with Gasteiger partial charge in [-0.25, -0.2) is 4.39 Å². The zero-order chi connectivity index (χ0) is 9.90. The summed E-state index contributed by atoms with van der Waals surface area (Å²) in [5, 5.41) is -1.50. The van der Waals surface area contributed by atoms with Crippen molar-refractivity contribution in [1.29, 1.82) is 0 Å². The van der Waals surface area contributed by atoms with Gasteiger partial charge in [-0.05, 0) is 11.1 Å². The highest BCUT2D eigenvalue weighted by Crippen LogP contribution is 2.40. The minimum atomic E-state index is -1.50. The Balaban J connectivity index is 2.98. The standard InChI is InChI=1S/C9H11FOP2/c10-9(12,13)8-3-1-2-7(6-8)4-5-11/h1-3,5-6H,4,12-13H2. The maximum Gasteiger partial charge on any atom is 0.160 e. The lowest BCUT2D eigenvalue weighted by Gasteiger charge is -2.14. The smallest absolute Gasteiger partial charge is 0.160 e. The molecule has 0 aliphatic heterocycles. The van der Waals surface area contributed by atoms with Gasteiger partial charge in [-0.15, -0.1) is 0 Å². The monoisotopic (exact) mass is 216 g/mol. The molecule has 2 atom stereocenters. The maximum atomic E-state index is 13.4. The van der Waals surface area contributed by atoms with E-state index in [1.807, 2.05) is 0 Å². The van der Waals surface area contributed by atoms with Crippen molar-refractivity contribution < 1.29 is 9.18 Å². The topological polar surface area (TPSA) is 17.1 Å². The summed E-state index contributed by atoms with van der Waals surface area (Å²) >= 11 is 0. The lowest BCUT2D eigenvalue weighted by atomic mass is 10.1. The van der Waals surface area contributed by atoms with Crippen molar-refractivity contribution in [2.24, 2.45) is 0 Å². The normalized spacial score (nSPS) is 11.3. The highest BCUT2D eigenvalue weighted by molar-refractivity contribution is 7.38. The van der Waals surface area contributed by atoms with Gasteiger partial charge >= 0.3 is 0 Å². The molecule has 13 heavy (non-hydrogen) atoms. The summed E-state index contributed by atoms with van der Waals surface area (Å²) in [5.74, 6) is 0. The van der Waals surface area contributed by atoms with E-state index in [1.54, 1.807) is 24.3 Å². The molecule has 0 aromatic heterocycles. The van der Waals surface area contributed by atoms with Gasteiger partial charge in [-0.3, -0.25) is 0 Å². The number of alkyl halides is 1. The lowest BCUT2D eigenvalue weighted by Crippen LogP contribution is -2.00. The van der Waals surface area contributed by atoms with Crippen LogP contribution in [0.1, 0.15) is 11.1 Å². The van der Waals surface area contributed by atoms with Crippen molar-refractivity contribution in [2.75, 3.05) is 0 Å². The summed E-state index contributed by atoms with van der Waals surface area (Å²) in [6, 6.07) is 6.93. The molecule has 0 amide bonds. The molecular weight excluding hydrogens is 205 g/mol. The Labute approximate surface area is 81.5 Å². The summed E-state index contributed by atoms with van der Waals surface area (Å²) in [5.41, 5.74) is 1.38. The second kappa shape index (κ2) is 4.26. The third kappa shape index (κ3) is 3.14. The second-order valence-electron chi connectivity index (χ2n) is 2.84. The Morgan fingerprint density at radius 1 is 1.46 bits per heavy atom. The predicted octanol–water partition coefficient (Wildman–Crippen LogP) is 2.26. The van der Waals surface area contributed by atoms with Crippen LogP contribution >= 0.6 is 18.5 Å². The average molecular weight is 216 g/mol. The number of carbonyl (C=O) groups excluding carboxylic acids is 1. The number of halogens is 1. The molecule has 70 valence electrons. The molecule has 1 nitrogen and oxygen atoms in total. The molecule has 4 heteroatoms. The molecular formula is C9H11FOP2. The molecule has 1 rings (SSSR count). The van der Waals surface area contributed by atoms with E-state index in [0.29, 0.717) is 12.0 Å². The molecule has 0 N–H and O–H groups in total. The van der Waals surface area contributed by atoms with Crippen LogP contribution < -0.4 is 0 Å². The first kappa shape index (κ1) is 10.8. The van der Waals surface area contributed by atoms with Crippen molar-refractivity contribution in [1.82, 2.24) is 0 Å². The van der Waals surface area contributed by atoms with Gasteiger partial charge in [0, 0.05) is 6.42 Å². The molecule has 2 unspecified atom stereocenters. The van der Waals surface area contributed by atoms with Gasteiger partial charge < -0.3 is 4.79 Å². The fourth-order valence-corrected chi connectivity index (χ4v) is 1.39. The predicted molar refractivity (Wildman–Crippen MR) is 58.4 cm³/mol. The van der Waals surface area contributed by atoms with E-state index in [1.165, 1.54) is 0 Å². The molecule has 0 saturated carbocycles. The summed E-state index contributed by atoms with van der Waals surface area (Å²) in [4.78, 5) is 10.2. The first-order valence-corrected chi connectivity index (χ1v) is 4.99. The van der Waals surface area contributed by atoms with Gasteiger partial charge in [0.1, 0.15) is 6.29 Å². The number of rotatable bonds is 3. The maximum absolute atomic E-state index is 13.4. The molecule has 1 aromatic rings. The van der Waals surface area contributed by atoms with Crippen molar-refractivity contribution in [3.8, 4) is 0 Å². The SMILES string of the molecule is O=CCc1cccc(C(F)(P)P)c1. The Hall–Kier alpha value is -0.320. The van der Waals surface area contributed by atoms with Crippen LogP contribution in [0.5, 0.6) is 0 Å². The van der Waals surface area contributed by atoms with Crippen LogP contribution in [0.3, 0.4) is 0 Å². The van der Waals surface area contributed by atoms with Gasteiger partial charge in [0.05, 0.1) is 0 Å². The van der Waals surface area contributed by atoms with Crippen molar-refractivity contribution in [3.05, 3.63) is 35.4 Å². The van der Waals surface area contributed by atoms with Gasteiger partial charge in [-0.1, -0.05) is 42.7 Å². The minimum Gasteiger partial charge on any atom is -0.303 e. The first-order chi connectivity index (χ1) is 6.04. The van der Waals surface area contributed by atoms with Crippen LogP contribution in [0.4, 0.5) is 4.39 Å². The molecule has 0 bridgehead atoms. The van der Waals surface area contributed by atoms with Gasteiger partial charge in [-0.2, -0.15) is 0 Å². The fourth-order valence-electron chi connectivity index (χ4n) is 1.03. The minimum absolute atomic E-state index is 0.333. The van der Waals surface area contributed by atoms with E-state index in [9.17, 15) is 9.18 Å². The Morgan fingerprint density at radius 2 is 2.15 bits per heavy atom. The van der Waals surface area contributed by atoms with Gasteiger partial charge in [0.15, 0.2) is 5.15 Å². The van der Waals surface area contributed by atoms with E-state index in [2.05, 4.69) is 18.5 Å². The number of hydrogen-bond acceptors (Lipinski definition) is 1. The summed E-state index contributed by atoms with van der Waals surface area (Å²) < 4.78 is 13.4. The highest BCUT2D eigenvalue weighted by Gasteiger charge is 2.18. The van der Waals surface area contributed by atoms with Crippen LogP contribution in [0.25, 0.3) is 0 Å². The van der Waals surface area contributed by atoms with Crippen LogP contribution in [0.15, 0.2) is 24.3 Å². The number of hydrogen-bond donors (Lipinski definition) is 0. The Morgan fingerprint density at radius 3 is 2.69 bits per heavy atom. The number of carbonyl (C=O) groups is 1. The Kier molecular flexibility index (Phi) is 3.53. The highest BCUT2D eigenvalue weighted by atomic mass is 31.1. The molecule has 0 saturated heterocycles. The zero-order valence-corrected chi connectivity index (χ0v) is 9.34. The fraction of sp³-hybridized carbons (Fsp3) is 0.222. The summed E-state index contributed by atoms with van der Waals surface area (Å²) in [7, 11) is 4.19. The van der Waals surface area contributed by atoms with Crippen LogP contribution in [0, 0.1) is 0 Å². The van der Waals surface area contributed by atoms with Crippen molar-refractivity contribution >= 4 is 24.8 Å². The molecule has 0 fully saturated rings. The molecule has 1 aromatic carbocycles. The quantitative estimate of drug-likeness (QED) is 0.559. The van der Waals surface area contributed by atoms with Crippen LogP contribution in [-0.2, 0) is 16.4 Å². The van der Waals surface area contributed by atoms with Crippen LogP contribution in [-0.4, -0.2) is 6.29 Å². The van der Waals surface area contributed by atoms with E-state index in [4.69, 9.17) is 0 Å². The van der Waals surface area contributed by atoms with Gasteiger partial charge in [0.25, 0.3) is 0 Å². The van der Waals surface area contributed by atoms with Crippen molar-refractivity contribution in [3.63, 3.8) is 0 Å². The second-order valence-corrected chi connectivity index (χ2v) is 5.19. The molecule has 0 spiro atoms. The third-order valence-corrected chi connectivity index (χ3v) is 2.36. The zero-order valence-electron chi connectivity index (χ0n) is 7.03. The van der Waals surface area contributed by atoms with Crippen LogP contribution in [0.2, 0.25) is 0 Å². The van der Waals surface area contributed by atoms with Gasteiger partial charge in [0.2, 0.25) is 0 Å². The number of benzene rings is 1. The van der Waals surface area contributed by atoms with E-state index in [0.717, 1.165) is 11.8 Å².